The molecule has 5 heteroatoms. The fraction of sp³-hybridized carbons (Fsp3) is 0.294. The summed E-state index contributed by atoms with van der Waals surface area (Å²) in [6, 6.07) is 17.4. The Hall–Kier alpha value is -1.36. The molecule has 0 N–H and O–H groups in total. The Kier molecular flexibility index (Phi) is 5.62. The van der Waals surface area contributed by atoms with Crippen molar-refractivity contribution in [2.24, 2.45) is 0 Å². The van der Waals surface area contributed by atoms with E-state index in [1.54, 1.807) is 6.92 Å². The Balaban J connectivity index is 2.27. The van der Waals surface area contributed by atoms with Crippen LogP contribution in [0.15, 0.2) is 54.6 Å². The van der Waals surface area contributed by atoms with E-state index in [0.717, 1.165) is 17.4 Å². The SMILES string of the molecule is C[C@@H](OS(C)(=O)=O)[C@H](Cc1ccc(Cl)cc1)c1ccccc1. The third-order valence-corrected chi connectivity index (χ3v) is 4.39. The lowest BCUT2D eigenvalue weighted by atomic mass is 9.88. The fourth-order valence-corrected chi connectivity index (χ4v) is 3.28. The van der Waals surface area contributed by atoms with E-state index >= 15 is 0 Å². The lowest BCUT2D eigenvalue weighted by Crippen LogP contribution is -2.24. The average Bonchev–Trinajstić information content (AvgIpc) is 2.45. The molecule has 0 aliphatic carbocycles. The van der Waals surface area contributed by atoms with Crippen molar-refractivity contribution < 1.29 is 12.6 Å². The highest BCUT2D eigenvalue weighted by molar-refractivity contribution is 7.86. The van der Waals surface area contributed by atoms with Gasteiger partial charge >= 0.3 is 0 Å². The second kappa shape index (κ2) is 7.27. The van der Waals surface area contributed by atoms with Crippen LogP contribution < -0.4 is 0 Å². The minimum atomic E-state index is -3.50. The second-order valence-corrected chi connectivity index (χ2v) is 7.39. The highest BCUT2D eigenvalue weighted by Gasteiger charge is 2.23. The first kappa shape index (κ1) is 17.0. The van der Waals surface area contributed by atoms with Gasteiger partial charge < -0.3 is 0 Å². The first-order valence-electron chi connectivity index (χ1n) is 7.03. The zero-order valence-corrected chi connectivity index (χ0v) is 14.1. The van der Waals surface area contributed by atoms with E-state index in [9.17, 15) is 8.42 Å². The van der Waals surface area contributed by atoms with Gasteiger partial charge in [0.2, 0.25) is 0 Å². The molecule has 2 rings (SSSR count). The summed E-state index contributed by atoms with van der Waals surface area (Å²) in [5.41, 5.74) is 2.14. The van der Waals surface area contributed by atoms with Gasteiger partial charge in [0.15, 0.2) is 0 Å². The van der Waals surface area contributed by atoms with Gasteiger partial charge in [0.1, 0.15) is 0 Å². The Morgan fingerprint density at radius 1 is 1.05 bits per heavy atom. The van der Waals surface area contributed by atoms with E-state index in [2.05, 4.69) is 0 Å². The second-order valence-electron chi connectivity index (χ2n) is 5.35. The summed E-state index contributed by atoms with van der Waals surface area (Å²) >= 11 is 5.91. The van der Waals surface area contributed by atoms with Crippen LogP contribution in [0.4, 0.5) is 0 Å². The van der Waals surface area contributed by atoms with Crippen molar-refractivity contribution in [3.05, 3.63) is 70.7 Å². The Labute approximate surface area is 137 Å². The van der Waals surface area contributed by atoms with Crippen molar-refractivity contribution in [1.29, 1.82) is 0 Å². The predicted molar refractivity (Wildman–Crippen MR) is 89.7 cm³/mol. The maximum atomic E-state index is 11.4. The molecule has 2 atom stereocenters. The number of benzene rings is 2. The number of hydrogen-bond donors (Lipinski definition) is 0. The van der Waals surface area contributed by atoms with Crippen LogP contribution in [0.2, 0.25) is 5.02 Å². The summed E-state index contributed by atoms with van der Waals surface area (Å²) in [6.07, 6.45) is 1.30. The quantitative estimate of drug-likeness (QED) is 0.747. The minimum Gasteiger partial charge on any atom is -0.267 e. The van der Waals surface area contributed by atoms with Gasteiger partial charge in [-0.3, -0.25) is 4.18 Å². The number of rotatable bonds is 6. The van der Waals surface area contributed by atoms with E-state index in [1.807, 2.05) is 54.6 Å². The molecule has 0 aliphatic rings. The number of halogens is 1. The lowest BCUT2D eigenvalue weighted by Gasteiger charge is -2.24. The summed E-state index contributed by atoms with van der Waals surface area (Å²) in [5.74, 6) is -0.0582. The molecule has 118 valence electrons. The van der Waals surface area contributed by atoms with Crippen molar-refractivity contribution in [3.63, 3.8) is 0 Å². The predicted octanol–water partition coefficient (Wildman–Crippen LogP) is 4.03. The maximum Gasteiger partial charge on any atom is 0.264 e. The molecule has 2 aromatic rings. The smallest absolute Gasteiger partial charge is 0.264 e. The summed E-state index contributed by atoms with van der Waals surface area (Å²) in [7, 11) is -3.50. The van der Waals surface area contributed by atoms with Crippen LogP contribution in [0, 0.1) is 0 Å². The van der Waals surface area contributed by atoms with Crippen LogP contribution in [0.1, 0.15) is 24.0 Å². The zero-order chi connectivity index (χ0) is 16.2. The van der Waals surface area contributed by atoms with Crippen LogP contribution in [-0.4, -0.2) is 20.8 Å². The molecule has 0 heterocycles. The van der Waals surface area contributed by atoms with Gasteiger partial charge in [-0.25, -0.2) is 0 Å². The van der Waals surface area contributed by atoms with E-state index in [0.29, 0.717) is 11.4 Å². The van der Waals surface area contributed by atoms with E-state index < -0.39 is 16.2 Å². The standard InChI is InChI=1S/C17H19ClO3S/c1-13(21-22(2,19)20)17(15-6-4-3-5-7-15)12-14-8-10-16(18)11-9-14/h3-11,13,17H,12H2,1-2H3/t13-,17+/m1/s1. The first-order valence-corrected chi connectivity index (χ1v) is 9.22. The molecule has 2 aromatic carbocycles. The maximum absolute atomic E-state index is 11.4. The topological polar surface area (TPSA) is 43.4 Å². The molecule has 0 saturated heterocycles. The van der Waals surface area contributed by atoms with Gasteiger partial charge in [-0.15, -0.1) is 0 Å². The van der Waals surface area contributed by atoms with Gasteiger partial charge in [0.25, 0.3) is 10.1 Å². The van der Waals surface area contributed by atoms with Crippen LogP contribution in [0.5, 0.6) is 0 Å². The molecule has 0 saturated carbocycles. The molecule has 0 aliphatic heterocycles. The van der Waals surface area contributed by atoms with E-state index in [4.69, 9.17) is 15.8 Å². The summed E-state index contributed by atoms with van der Waals surface area (Å²) < 4.78 is 28.1. The zero-order valence-electron chi connectivity index (χ0n) is 12.6. The summed E-state index contributed by atoms with van der Waals surface area (Å²) in [4.78, 5) is 0. The van der Waals surface area contributed by atoms with Crippen molar-refractivity contribution in [3.8, 4) is 0 Å². The monoisotopic (exact) mass is 338 g/mol. The molecule has 0 bridgehead atoms. The third kappa shape index (κ3) is 5.13. The van der Waals surface area contributed by atoms with Gasteiger partial charge in [0.05, 0.1) is 12.4 Å². The highest BCUT2D eigenvalue weighted by atomic mass is 35.5. The number of hydrogen-bond acceptors (Lipinski definition) is 3. The largest absolute Gasteiger partial charge is 0.267 e. The third-order valence-electron chi connectivity index (χ3n) is 3.49. The fourth-order valence-electron chi connectivity index (χ4n) is 2.47. The molecule has 0 aromatic heterocycles. The van der Waals surface area contributed by atoms with Gasteiger partial charge in [-0.2, -0.15) is 8.42 Å². The van der Waals surface area contributed by atoms with Crippen LogP contribution in [0.25, 0.3) is 0 Å². The highest BCUT2D eigenvalue weighted by Crippen LogP contribution is 2.27. The molecule has 0 radical (unpaired) electrons. The van der Waals surface area contributed by atoms with Crippen molar-refractivity contribution >= 4 is 21.7 Å². The Morgan fingerprint density at radius 2 is 1.64 bits per heavy atom. The van der Waals surface area contributed by atoms with Crippen molar-refractivity contribution in [2.45, 2.75) is 25.4 Å². The van der Waals surface area contributed by atoms with E-state index in [-0.39, 0.29) is 5.92 Å². The van der Waals surface area contributed by atoms with Crippen LogP contribution in [-0.2, 0) is 20.7 Å². The molecular formula is C17H19ClO3S. The molecule has 0 unspecified atom stereocenters. The molecule has 22 heavy (non-hydrogen) atoms. The molecule has 0 amide bonds. The van der Waals surface area contributed by atoms with Crippen molar-refractivity contribution in [2.75, 3.05) is 6.26 Å². The van der Waals surface area contributed by atoms with Gasteiger partial charge in [-0.05, 0) is 36.6 Å². The summed E-state index contributed by atoms with van der Waals surface area (Å²) in [5, 5.41) is 0.681. The lowest BCUT2D eigenvalue weighted by molar-refractivity contribution is 0.197. The van der Waals surface area contributed by atoms with Crippen molar-refractivity contribution in [1.82, 2.24) is 0 Å². The molecule has 0 fully saturated rings. The normalized spacial score (nSPS) is 14.5. The average molecular weight is 339 g/mol. The van der Waals surface area contributed by atoms with Gasteiger partial charge in [-0.1, -0.05) is 54.1 Å². The Bertz CT molecular complexity index is 696. The minimum absolute atomic E-state index is 0.0582. The summed E-state index contributed by atoms with van der Waals surface area (Å²) in [6.45, 7) is 1.79. The molecule has 0 spiro atoms. The van der Waals surface area contributed by atoms with Crippen LogP contribution in [0.3, 0.4) is 0 Å². The Morgan fingerprint density at radius 3 is 2.18 bits per heavy atom. The van der Waals surface area contributed by atoms with Gasteiger partial charge in [0, 0.05) is 10.9 Å². The molecular weight excluding hydrogens is 320 g/mol. The van der Waals surface area contributed by atoms with E-state index in [1.165, 1.54) is 0 Å². The first-order chi connectivity index (χ1) is 10.3. The molecule has 3 nitrogen and oxygen atoms in total. The van der Waals surface area contributed by atoms with Crippen LogP contribution >= 0.6 is 11.6 Å².